The van der Waals surface area contributed by atoms with Gasteiger partial charge in [-0.05, 0) is 37.5 Å². The predicted molar refractivity (Wildman–Crippen MR) is 105 cm³/mol. The lowest BCUT2D eigenvalue weighted by Gasteiger charge is -2.28. The second kappa shape index (κ2) is 8.96. The number of benzene rings is 1. The Balaban J connectivity index is 1.55. The molecular weight excluding hydrogens is 373 g/mol. The summed E-state index contributed by atoms with van der Waals surface area (Å²) in [7, 11) is 0. The van der Waals surface area contributed by atoms with Crippen LogP contribution in [0.15, 0.2) is 18.2 Å². The Kier molecular flexibility index (Phi) is 6.65. The molecule has 0 bridgehead atoms. The monoisotopic (exact) mass is 397 g/mol. The van der Waals surface area contributed by atoms with Crippen molar-refractivity contribution in [2.24, 2.45) is 5.92 Å². The molecular formula is C19H25Cl2N3O2. The molecule has 2 aliphatic rings. The highest BCUT2D eigenvalue weighted by Crippen LogP contribution is 2.26. The van der Waals surface area contributed by atoms with Crippen LogP contribution in [-0.4, -0.2) is 47.9 Å². The average Bonchev–Trinajstić information content (AvgIpc) is 2.87. The average molecular weight is 398 g/mol. The number of nitrogens with one attached hydrogen (secondary N) is 1. The zero-order valence-corrected chi connectivity index (χ0v) is 16.4. The van der Waals surface area contributed by atoms with Crippen LogP contribution in [0.5, 0.6) is 0 Å². The molecule has 1 aromatic rings. The molecule has 0 atom stereocenters. The first kappa shape index (κ1) is 19.3. The summed E-state index contributed by atoms with van der Waals surface area (Å²) in [6, 6.07) is 4.78. The van der Waals surface area contributed by atoms with E-state index in [0.29, 0.717) is 35.4 Å². The number of halogens is 2. The van der Waals surface area contributed by atoms with Crippen LogP contribution in [0.3, 0.4) is 0 Å². The van der Waals surface area contributed by atoms with Gasteiger partial charge in [-0.15, -0.1) is 0 Å². The summed E-state index contributed by atoms with van der Waals surface area (Å²) in [6.07, 6.45) is 6.36. The highest BCUT2D eigenvalue weighted by molar-refractivity contribution is 6.35. The van der Waals surface area contributed by atoms with Gasteiger partial charge in [0.05, 0.1) is 0 Å². The topological polar surface area (TPSA) is 52.7 Å². The largest absolute Gasteiger partial charge is 0.341 e. The van der Waals surface area contributed by atoms with Crippen molar-refractivity contribution in [3.63, 3.8) is 0 Å². The second-order valence-corrected chi connectivity index (χ2v) is 7.96. The molecule has 1 saturated heterocycles. The first-order chi connectivity index (χ1) is 12.5. The molecule has 1 saturated carbocycles. The highest BCUT2D eigenvalue weighted by atomic mass is 35.5. The molecule has 1 aliphatic heterocycles. The van der Waals surface area contributed by atoms with Crippen LogP contribution in [0.4, 0.5) is 10.5 Å². The fourth-order valence-electron chi connectivity index (χ4n) is 3.78. The van der Waals surface area contributed by atoms with Gasteiger partial charge in [0.15, 0.2) is 0 Å². The fraction of sp³-hybridized carbons (Fsp3) is 0.579. The van der Waals surface area contributed by atoms with Crippen LogP contribution >= 0.6 is 23.2 Å². The predicted octanol–water partition coefficient (Wildman–Crippen LogP) is 4.64. The number of carbonyl (C=O) groups excluding carboxylic acids is 2. The number of hydrogen-bond donors (Lipinski definition) is 1. The van der Waals surface area contributed by atoms with Gasteiger partial charge >= 0.3 is 6.03 Å². The van der Waals surface area contributed by atoms with Crippen LogP contribution in [0.1, 0.15) is 38.5 Å². The third-order valence-corrected chi connectivity index (χ3v) is 5.60. The van der Waals surface area contributed by atoms with Crippen LogP contribution in [-0.2, 0) is 4.79 Å². The lowest BCUT2D eigenvalue weighted by molar-refractivity contribution is -0.136. The van der Waals surface area contributed by atoms with E-state index in [1.165, 1.54) is 6.42 Å². The van der Waals surface area contributed by atoms with Crippen LogP contribution < -0.4 is 5.32 Å². The Morgan fingerprint density at radius 2 is 1.46 bits per heavy atom. The number of rotatable bonds is 2. The summed E-state index contributed by atoms with van der Waals surface area (Å²) in [6.45, 7) is 2.49. The van der Waals surface area contributed by atoms with Crippen LogP contribution in [0.25, 0.3) is 0 Å². The van der Waals surface area contributed by atoms with E-state index in [1.54, 1.807) is 23.1 Å². The van der Waals surface area contributed by atoms with Gasteiger partial charge in [-0.25, -0.2) is 4.79 Å². The maximum Gasteiger partial charge on any atom is 0.321 e. The molecule has 2 fully saturated rings. The molecule has 26 heavy (non-hydrogen) atoms. The summed E-state index contributed by atoms with van der Waals surface area (Å²) in [4.78, 5) is 29.0. The van der Waals surface area contributed by atoms with E-state index in [-0.39, 0.29) is 17.9 Å². The SMILES string of the molecule is O=C(Nc1cc(Cl)cc(Cl)c1)N1CCCN(C(=O)C2CCCCC2)CC1. The van der Waals surface area contributed by atoms with Crippen molar-refractivity contribution in [3.8, 4) is 0 Å². The first-order valence-electron chi connectivity index (χ1n) is 9.34. The van der Waals surface area contributed by atoms with E-state index in [9.17, 15) is 9.59 Å². The zero-order valence-electron chi connectivity index (χ0n) is 14.8. The molecule has 0 unspecified atom stereocenters. The van der Waals surface area contributed by atoms with Crippen molar-refractivity contribution in [3.05, 3.63) is 28.2 Å². The van der Waals surface area contributed by atoms with Crippen molar-refractivity contribution in [2.45, 2.75) is 38.5 Å². The summed E-state index contributed by atoms with van der Waals surface area (Å²) < 4.78 is 0. The Labute approximate surface area is 164 Å². The molecule has 0 radical (unpaired) electrons. The second-order valence-electron chi connectivity index (χ2n) is 7.09. The number of anilines is 1. The molecule has 7 heteroatoms. The third-order valence-electron chi connectivity index (χ3n) is 5.16. The quantitative estimate of drug-likeness (QED) is 0.789. The van der Waals surface area contributed by atoms with Gasteiger partial charge in [0.1, 0.15) is 0 Å². The van der Waals surface area contributed by atoms with Crippen molar-refractivity contribution in [2.75, 3.05) is 31.5 Å². The molecule has 1 heterocycles. The third kappa shape index (κ3) is 5.04. The Morgan fingerprint density at radius 3 is 2.15 bits per heavy atom. The van der Waals surface area contributed by atoms with E-state index in [0.717, 1.165) is 38.6 Å². The van der Waals surface area contributed by atoms with E-state index in [2.05, 4.69) is 5.32 Å². The number of amides is 3. The molecule has 1 aliphatic carbocycles. The normalized spacial score (nSPS) is 19.2. The molecule has 1 aromatic carbocycles. The van der Waals surface area contributed by atoms with Gasteiger partial charge in [0.2, 0.25) is 5.91 Å². The molecule has 0 aromatic heterocycles. The number of carbonyl (C=O) groups is 2. The fourth-order valence-corrected chi connectivity index (χ4v) is 4.30. The van der Waals surface area contributed by atoms with Gasteiger partial charge in [0, 0.05) is 47.8 Å². The summed E-state index contributed by atoms with van der Waals surface area (Å²) >= 11 is 12.0. The Bertz CT molecular complexity index is 642. The molecule has 5 nitrogen and oxygen atoms in total. The van der Waals surface area contributed by atoms with Crippen LogP contribution in [0.2, 0.25) is 10.0 Å². The zero-order chi connectivity index (χ0) is 18.5. The maximum atomic E-state index is 12.7. The molecule has 3 rings (SSSR count). The number of nitrogens with zero attached hydrogens (tertiary/aromatic N) is 2. The lowest BCUT2D eigenvalue weighted by atomic mass is 9.88. The van der Waals surface area contributed by atoms with E-state index >= 15 is 0 Å². The number of urea groups is 1. The van der Waals surface area contributed by atoms with Crippen molar-refractivity contribution >= 4 is 40.8 Å². The molecule has 142 valence electrons. The van der Waals surface area contributed by atoms with E-state index < -0.39 is 0 Å². The van der Waals surface area contributed by atoms with Crippen LogP contribution in [0, 0.1) is 5.92 Å². The maximum absolute atomic E-state index is 12.7. The van der Waals surface area contributed by atoms with Gasteiger partial charge < -0.3 is 15.1 Å². The van der Waals surface area contributed by atoms with Crippen molar-refractivity contribution < 1.29 is 9.59 Å². The van der Waals surface area contributed by atoms with Gasteiger partial charge in [-0.2, -0.15) is 0 Å². The minimum Gasteiger partial charge on any atom is -0.341 e. The first-order valence-corrected chi connectivity index (χ1v) is 10.1. The van der Waals surface area contributed by atoms with Gasteiger partial charge in [-0.1, -0.05) is 42.5 Å². The van der Waals surface area contributed by atoms with E-state index in [4.69, 9.17) is 23.2 Å². The molecule has 1 N–H and O–H groups in total. The standard InChI is InChI=1S/C19H25Cl2N3O2/c20-15-11-16(21)13-17(12-15)22-19(26)24-8-4-7-23(9-10-24)18(25)14-5-2-1-3-6-14/h11-14H,1-10H2,(H,22,26). The smallest absolute Gasteiger partial charge is 0.321 e. The minimum absolute atomic E-state index is 0.178. The Morgan fingerprint density at radius 1 is 0.846 bits per heavy atom. The number of hydrogen-bond acceptors (Lipinski definition) is 2. The highest BCUT2D eigenvalue weighted by Gasteiger charge is 2.28. The van der Waals surface area contributed by atoms with Gasteiger partial charge in [0.25, 0.3) is 0 Å². The van der Waals surface area contributed by atoms with Gasteiger partial charge in [-0.3, -0.25) is 4.79 Å². The lowest BCUT2D eigenvalue weighted by Crippen LogP contribution is -2.41. The summed E-state index contributed by atoms with van der Waals surface area (Å²) in [5, 5.41) is 3.80. The molecule has 3 amide bonds. The summed E-state index contributed by atoms with van der Waals surface area (Å²) in [5.41, 5.74) is 0.576. The molecule has 0 spiro atoms. The summed E-state index contributed by atoms with van der Waals surface area (Å²) in [5.74, 6) is 0.450. The Hall–Kier alpha value is -1.46. The van der Waals surface area contributed by atoms with Crippen molar-refractivity contribution in [1.29, 1.82) is 0 Å². The minimum atomic E-state index is -0.185. The van der Waals surface area contributed by atoms with E-state index in [1.807, 2.05) is 4.90 Å². The van der Waals surface area contributed by atoms with Crippen molar-refractivity contribution in [1.82, 2.24) is 9.80 Å².